The fourth-order valence-corrected chi connectivity index (χ4v) is 4.96. The summed E-state index contributed by atoms with van der Waals surface area (Å²) < 4.78 is 7.41. The molecule has 0 spiro atoms. The maximum Gasteiger partial charge on any atom is 0.262 e. The van der Waals surface area contributed by atoms with E-state index in [9.17, 15) is 9.59 Å². The summed E-state index contributed by atoms with van der Waals surface area (Å²) in [6.45, 7) is 10.8. The quantitative estimate of drug-likeness (QED) is 0.357. The van der Waals surface area contributed by atoms with Gasteiger partial charge in [-0.2, -0.15) is 0 Å². The van der Waals surface area contributed by atoms with Crippen LogP contribution < -0.4 is 15.0 Å². The Kier molecular flexibility index (Phi) is 7.21. The summed E-state index contributed by atoms with van der Waals surface area (Å²) in [5, 5.41) is 11.9. The molecule has 0 unspecified atom stereocenters. The molecule has 4 rings (SSSR count). The van der Waals surface area contributed by atoms with Crippen molar-refractivity contribution in [2.45, 2.75) is 44.6 Å². The van der Waals surface area contributed by atoms with Gasteiger partial charge < -0.3 is 19.5 Å². The molecule has 0 radical (unpaired) electrons. The predicted octanol–water partition coefficient (Wildman–Crippen LogP) is 4.51. The zero-order valence-electron chi connectivity index (χ0n) is 19.9. The van der Waals surface area contributed by atoms with Crippen LogP contribution in [0.4, 0.5) is 11.4 Å². The first-order valence-corrected chi connectivity index (χ1v) is 12.4. The van der Waals surface area contributed by atoms with Gasteiger partial charge in [-0.25, -0.2) is 0 Å². The van der Waals surface area contributed by atoms with Crippen LogP contribution in [0.2, 0.25) is 0 Å². The van der Waals surface area contributed by atoms with Crippen molar-refractivity contribution in [3.8, 4) is 17.1 Å². The summed E-state index contributed by atoms with van der Waals surface area (Å²) in [4.78, 5) is 27.0. The van der Waals surface area contributed by atoms with Crippen molar-refractivity contribution < 1.29 is 14.3 Å². The molecule has 1 amide bonds. The van der Waals surface area contributed by atoms with Crippen molar-refractivity contribution in [3.05, 3.63) is 48.0 Å². The third-order valence-electron chi connectivity index (χ3n) is 5.84. The molecule has 3 aromatic rings. The Morgan fingerprint density at radius 2 is 1.88 bits per heavy atom. The second kappa shape index (κ2) is 10.3. The van der Waals surface area contributed by atoms with Crippen molar-refractivity contribution in [2.75, 3.05) is 29.9 Å². The number of carbonyl (C=O) groups is 2. The molecule has 0 saturated heterocycles. The van der Waals surface area contributed by atoms with Crippen LogP contribution in [0.15, 0.2) is 47.6 Å². The van der Waals surface area contributed by atoms with E-state index in [1.165, 1.54) is 17.4 Å². The summed E-state index contributed by atoms with van der Waals surface area (Å²) in [6.07, 6.45) is 0. The van der Waals surface area contributed by atoms with E-state index < -0.39 is 0 Å². The number of amides is 1. The lowest BCUT2D eigenvalue weighted by molar-refractivity contribution is -0.118. The van der Waals surface area contributed by atoms with Gasteiger partial charge in [-0.15, -0.1) is 10.2 Å². The number of anilines is 2. The standard InChI is InChI=1S/C25H29N5O3S/c1-5-29(6-2)19-11-8-17(9-12-19)24-27-28-25(30(24)7-3)34-16(4)23(32)18-10-13-21-20(14-18)26-22(31)15-33-21/h8-14,16H,5-7,15H2,1-4H3,(H,26,31)/t16-/m0/s1. The maximum absolute atomic E-state index is 13.1. The van der Waals surface area contributed by atoms with Crippen LogP contribution in [0, 0.1) is 0 Å². The topological polar surface area (TPSA) is 89.3 Å². The lowest BCUT2D eigenvalue weighted by Gasteiger charge is -2.21. The first kappa shape index (κ1) is 23.8. The van der Waals surface area contributed by atoms with Gasteiger partial charge in [0.2, 0.25) is 0 Å². The number of rotatable bonds is 9. The lowest BCUT2D eigenvalue weighted by Crippen LogP contribution is -2.25. The molecular weight excluding hydrogens is 450 g/mol. The Bertz CT molecular complexity index is 1190. The molecule has 1 aliphatic rings. The molecule has 34 heavy (non-hydrogen) atoms. The number of aromatic nitrogens is 3. The molecule has 2 aromatic carbocycles. The number of carbonyl (C=O) groups excluding carboxylic acids is 2. The number of nitrogens with zero attached hydrogens (tertiary/aromatic N) is 4. The van der Waals surface area contributed by atoms with E-state index in [1.54, 1.807) is 18.2 Å². The minimum atomic E-state index is -0.384. The van der Waals surface area contributed by atoms with E-state index in [1.807, 2.05) is 18.4 Å². The van der Waals surface area contributed by atoms with E-state index in [2.05, 4.69) is 58.5 Å². The smallest absolute Gasteiger partial charge is 0.262 e. The molecule has 178 valence electrons. The molecular formula is C25H29N5O3S. The van der Waals surface area contributed by atoms with Gasteiger partial charge in [0.25, 0.3) is 5.91 Å². The summed E-state index contributed by atoms with van der Waals surface area (Å²) >= 11 is 1.38. The van der Waals surface area contributed by atoms with Gasteiger partial charge in [0, 0.05) is 36.4 Å². The van der Waals surface area contributed by atoms with Gasteiger partial charge in [-0.05, 0) is 70.2 Å². The summed E-state index contributed by atoms with van der Waals surface area (Å²) in [6, 6.07) is 13.5. The van der Waals surface area contributed by atoms with Crippen molar-refractivity contribution in [2.24, 2.45) is 0 Å². The highest BCUT2D eigenvalue weighted by molar-refractivity contribution is 8.00. The summed E-state index contributed by atoms with van der Waals surface area (Å²) in [7, 11) is 0. The highest BCUT2D eigenvalue weighted by Crippen LogP contribution is 2.32. The number of benzene rings is 2. The Morgan fingerprint density at radius 1 is 1.15 bits per heavy atom. The van der Waals surface area contributed by atoms with Crippen LogP contribution in [0.5, 0.6) is 5.75 Å². The van der Waals surface area contributed by atoms with Gasteiger partial charge >= 0.3 is 0 Å². The van der Waals surface area contributed by atoms with Crippen molar-refractivity contribution in [1.82, 2.24) is 14.8 Å². The van der Waals surface area contributed by atoms with Crippen LogP contribution in [0.1, 0.15) is 38.1 Å². The van der Waals surface area contributed by atoms with Crippen LogP contribution in [0.25, 0.3) is 11.4 Å². The van der Waals surface area contributed by atoms with Crippen LogP contribution in [-0.2, 0) is 11.3 Å². The van der Waals surface area contributed by atoms with E-state index in [4.69, 9.17) is 4.74 Å². The number of hydrogen-bond donors (Lipinski definition) is 1. The zero-order valence-corrected chi connectivity index (χ0v) is 20.7. The lowest BCUT2D eigenvalue weighted by atomic mass is 10.1. The van der Waals surface area contributed by atoms with Gasteiger partial charge in [0.1, 0.15) is 5.75 Å². The Hall–Kier alpha value is -3.33. The first-order valence-electron chi connectivity index (χ1n) is 11.5. The molecule has 8 nitrogen and oxygen atoms in total. The molecule has 0 aliphatic carbocycles. The van der Waals surface area contributed by atoms with Crippen molar-refractivity contribution >= 4 is 34.8 Å². The van der Waals surface area contributed by atoms with E-state index in [-0.39, 0.29) is 23.5 Å². The third-order valence-corrected chi connectivity index (χ3v) is 6.92. The minimum Gasteiger partial charge on any atom is -0.482 e. The zero-order chi connectivity index (χ0) is 24.2. The fourth-order valence-electron chi connectivity index (χ4n) is 3.97. The number of nitrogens with one attached hydrogen (secondary N) is 1. The average molecular weight is 480 g/mol. The van der Waals surface area contributed by atoms with Crippen LogP contribution in [0.3, 0.4) is 0 Å². The molecule has 1 atom stereocenters. The van der Waals surface area contributed by atoms with Gasteiger partial charge in [-0.3, -0.25) is 9.59 Å². The number of ketones is 1. The molecule has 1 N–H and O–H groups in total. The molecule has 0 bridgehead atoms. The molecule has 0 fully saturated rings. The molecule has 2 heterocycles. The second-order valence-electron chi connectivity index (χ2n) is 7.94. The van der Waals surface area contributed by atoms with E-state index in [0.717, 1.165) is 24.5 Å². The number of Topliss-reactive ketones (excluding diaryl/α,β-unsaturated/α-hetero) is 1. The summed E-state index contributed by atoms with van der Waals surface area (Å²) in [5.74, 6) is 1.07. The normalized spacial score (nSPS) is 13.6. The second-order valence-corrected chi connectivity index (χ2v) is 9.25. The molecule has 1 aliphatic heterocycles. The van der Waals surface area contributed by atoms with Gasteiger partial charge in [-0.1, -0.05) is 11.8 Å². The number of fused-ring (bicyclic) bond motifs is 1. The van der Waals surface area contributed by atoms with Crippen LogP contribution in [-0.4, -0.2) is 51.4 Å². The first-order chi connectivity index (χ1) is 16.4. The molecule has 9 heteroatoms. The van der Waals surface area contributed by atoms with E-state index >= 15 is 0 Å². The average Bonchev–Trinajstić information content (AvgIpc) is 3.26. The van der Waals surface area contributed by atoms with Crippen molar-refractivity contribution in [3.63, 3.8) is 0 Å². The van der Waals surface area contributed by atoms with E-state index in [0.29, 0.717) is 28.7 Å². The SMILES string of the molecule is CCN(CC)c1ccc(-c2nnc(S[C@@H](C)C(=O)c3ccc4c(c3)NC(=O)CO4)n2CC)cc1. The largest absolute Gasteiger partial charge is 0.482 e. The molecule has 1 aromatic heterocycles. The maximum atomic E-state index is 13.1. The Morgan fingerprint density at radius 3 is 2.56 bits per heavy atom. The van der Waals surface area contributed by atoms with Gasteiger partial charge in [0.05, 0.1) is 10.9 Å². The highest BCUT2D eigenvalue weighted by atomic mass is 32.2. The monoisotopic (exact) mass is 479 g/mol. The number of thioether (sulfide) groups is 1. The number of ether oxygens (including phenoxy) is 1. The van der Waals surface area contributed by atoms with Crippen molar-refractivity contribution in [1.29, 1.82) is 0 Å². The highest BCUT2D eigenvalue weighted by Gasteiger charge is 2.24. The van der Waals surface area contributed by atoms with Gasteiger partial charge in [0.15, 0.2) is 23.4 Å². The third kappa shape index (κ3) is 4.79. The fraction of sp³-hybridized carbons (Fsp3) is 0.360. The predicted molar refractivity (Wildman–Crippen MR) is 135 cm³/mol. The Balaban J connectivity index is 1.52. The molecule has 0 saturated carbocycles. The Labute approximate surface area is 203 Å². The minimum absolute atomic E-state index is 0.0141. The van der Waals surface area contributed by atoms with Crippen LogP contribution >= 0.6 is 11.8 Å². The summed E-state index contributed by atoms with van der Waals surface area (Å²) in [5.41, 5.74) is 3.20. The number of hydrogen-bond acceptors (Lipinski definition) is 7.